The molecular weight excluding hydrogens is 312 g/mol. The third kappa shape index (κ3) is 3.66. The molecule has 1 aliphatic carbocycles. The fourth-order valence-electron chi connectivity index (χ4n) is 4.68. The lowest BCUT2D eigenvalue weighted by molar-refractivity contribution is 0.0489. The average molecular weight is 342 g/mol. The predicted molar refractivity (Wildman–Crippen MR) is 100 cm³/mol. The van der Waals surface area contributed by atoms with Crippen molar-refractivity contribution in [2.45, 2.75) is 63.5 Å². The van der Waals surface area contributed by atoms with Crippen molar-refractivity contribution in [3.05, 3.63) is 23.9 Å². The van der Waals surface area contributed by atoms with Crippen LogP contribution < -0.4 is 10.2 Å². The van der Waals surface area contributed by atoms with Crippen LogP contribution in [-0.4, -0.2) is 54.1 Å². The Balaban J connectivity index is 1.46. The van der Waals surface area contributed by atoms with E-state index < -0.39 is 0 Å². The average Bonchev–Trinajstić information content (AvgIpc) is 2.97. The van der Waals surface area contributed by atoms with Crippen LogP contribution in [0.15, 0.2) is 18.3 Å². The van der Waals surface area contributed by atoms with E-state index in [1.54, 1.807) is 6.20 Å². The number of aromatic nitrogens is 1. The van der Waals surface area contributed by atoms with Gasteiger partial charge in [-0.15, -0.1) is 0 Å². The monoisotopic (exact) mass is 342 g/mol. The summed E-state index contributed by atoms with van der Waals surface area (Å²) in [6, 6.07) is 4.87. The zero-order valence-electron chi connectivity index (χ0n) is 15.1. The summed E-state index contributed by atoms with van der Waals surface area (Å²) >= 11 is 0. The zero-order chi connectivity index (χ0) is 17.1. The number of nitrogens with one attached hydrogen (secondary N) is 1. The summed E-state index contributed by atoms with van der Waals surface area (Å²) in [5, 5.41) is 3.60. The van der Waals surface area contributed by atoms with E-state index in [9.17, 15) is 4.79 Å². The maximum Gasteiger partial charge on any atom is 0.255 e. The van der Waals surface area contributed by atoms with E-state index in [-0.39, 0.29) is 5.91 Å². The summed E-state index contributed by atoms with van der Waals surface area (Å²) in [5.41, 5.74) is 0.741. The molecular formula is C20H30N4O. The topological polar surface area (TPSA) is 48.5 Å². The lowest BCUT2D eigenvalue weighted by Gasteiger charge is -2.44. The fourth-order valence-corrected chi connectivity index (χ4v) is 4.68. The summed E-state index contributed by atoms with van der Waals surface area (Å²) in [7, 11) is 0. The van der Waals surface area contributed by atoms with Gasteiger partial charge < -0.3 is 15.1 Å². The molecule has 5 nitrogen and oxygen atoms in total. The molecule has 3 heterocycles. The molecule has 136 valence electrons. The van der Waals surface area contributed by atoms with E-state index in [0.717, 1.165) is 44.0 Å². The molecule has 5 heteroatoms. The van der Waals surface area contributed by atoms with Gasteiger partial charge in [0.1, 0.15) is 5.82 Å². The summed E-state index contributed by atoms with van der Waals surface area (Å²) in [6.45, 7) is 3.89. The Morgan fingerprint density at radius 3 is 2.56 bits per heavy atom. The molecule has 1 amide bonds. The van der Waals surface area contributed by atoms with Crippen molar-refractivity contribution in [1.29, 1.82) is 0 Å². The molecule has 2 aliphatic heterocycles. The molecule has 0 bridgehead atoms. The SMILES string of the molecule is O=C(c1ccc(N2CCCCCC2)nc1)N1CCNC2CCCCC21. The molecule has 2 atom stereocenters. The van der Waals surface area contributed by atoms with Gasteiger partial charge in [0.25, 0.3) is 5.91 Å². The van der Waals surface area contributed by atoms with Crippen LogP contribution in [0.2, 0.25) is 0 Å². The minimum Gasteiger partial charge on any atom is -0.357 e. The Hall–Kier alpha value is -1.62. The number of piperazine rings is 1. The largest absolute Gasteiger partial charge is 0.357 e. The van der Waals surface area contributed by atoms with Crippen molar-refractivity contribution in [3.63, 3.8) is 0 Å². The first-order chi connectivity index (χ1) is 12.3. The molecule has 3 aliphatic rings. The summed E-state index contributed by atoms with van der Waals surface area (Å²) in [6.07, 6.45) is 11.8. The van der Waals surface area contributed by atoms with E-state index in [0.29, 0.717) is 12.1 Å². The number of rotatable bonds is 2. The summed E-state index contributed by atoms with van der Waals surface area (Å²) in [4.78, 5) is 22.1. The van der Waals surface area contributed by atoms with E-state index in [1.165, 1.54) is 44.9 Å². The Labute approximate surface area is 150 Å². The first-order valence-electron chi connectivity index (χ1n) is 10.1. The zero-order valence-corrected chi connectivity index (χ0v) is 15.1. The number of pyridine rings is 1. The normalized spacial score (nSPS) is 27.5. The molecule has 3 fully saturated rings. The molecule has 2 unspecified atom stereocenters. The van der Waals surface area contributed by atoms with Gasteiger partial charge in [-0.25, -0.2) is 4.98 Å². The van der Waals surface area contributed by atoms with Crippen LogP contribution in [0.25, 0.3) is 0 Å². The molecule has 2 saturated heterocycles. The Kier molecular flexibility index (Phi) is 5.20. The summed E-state index contributed by atoms with van der Waals surface area (Å²) < 4.78 is 0. The summed E-state index contributed by atoms with van der Waals surface area (Å²) in [5.74, 6) is 1.18. The van der Waals surface area contributed by atoms with Crippen LogP contribution >= 0.6 is 0 Å². The highest BCUT2D eigenvalue weighted by Gasteiger charge is 2.35. The maximum absolute atomic E-state index is 13.0. The van der Waals surface area contributed by atoms with Gasteiger partial charge in [0.2, 0.25) is 0 Å². The molecule has 1 saturated carbocycles. The second-order valence-corrected chi connectivity index (χ2v) is 7.72. The Morgan fingerprint density at radius 2 is 1.80 bits per heavy atom. The molecule has 25 heavy (non-hydrogen) atoms. The number of fused-ring (bicyclic) bond motifs is 1. The van der Waals surface area contributed by atoms with Crippen LogP contribution in [0.4, 0.5) is 5.82 Å². The molecule has 0 radical (unpaired) electrons. The minimum absolute atomic E-state index is 0.160. The van der Waals surface area contributed by atoms with Gasteiger partial charge in [-0.3, -0.25) is 4.79 Å². The van der Waals surface area contributed by atoms with Crippen molar-refractivity contribution in [2.24, 2.45) is 0 Å². The fraction of sp³-hybridized carbons (Fsp3) is 0.700. The highest BCUT2D eigenvalue weighted by Crippen LogP contribution is 2.27. The quantitative estimate of drug-likeness (QED) is 0.898. The molecule has 1 aromatic heterocycles. The molecule has 4 rings (SSSR count). The highest BCUT2D eigenvalue weighted by atomic mass is 16.2. The van der Waals surface area contributed by atoms with Gasteiger partial charge >= 0.3 is 0 Å². The van der Waals surface area contributed by atoms with E-state index in [1.807, 2.05) is 12.1 Å². The van der Waals surface area contributed by atoms with Crippen LogP contribution in [0, 0.1) is 0 Å². The molecule has 0 spiro atoms. The Morgan fingerprint density at radius 1 is 1.00 bits per heavy atom. The number of hydrogen-bond donors (Lipinski definition) is 1. The van der Waals surface area contributed by atoms with Crippen molar-refractivity contribution in [2.75, 3.05) is 31.1 Å². The standard InChI is InChI=1S/C20H30N4O/c25-20(24-14-11-21-17-7-3-4-8-18(17)24)16-9-10-19(22-15-16)23-12-5-1-2-6-13-23/h9-10,15,17-18,21H,1-8,11-14H2. The van der Waals surface area contributed by atoms with Gasteiger partial charge in [0.05, 0.1) is 5.56 Å². The van der Waals surface area contributed by atoms with Gasteiger partial charge in [-0.05, 0) is 37.8 Å². The Bertz CT molecular complexity index is 578. The molecule has 1 N–H and O–H groups in total. The van der Waals surface area contributed by atoms with E-state index in [2.05, 4.69) is 20.1 Å². The van der Waals surface area contributed by atoms with Crippen LogP contribution in [0.1, 0.15) is 61.7 Å². The minimum atomic E-state index is 0.160. The molecule has 1 aromatic rings. The van der Waals surface area contributed by atoms with E-state index >= 15 is 0 Å². The lowest BCUT2D eigenvalue weighted by atomic mass is 9.87. The molecule has 0 aromatic carbocycles. The first kappa shape index (κ1) is 16.8. The number of hydrogen-bond acceptors (Lipinski definition) is 4. The number of carbonyl (C=O) groups is 1. The predicted octanol–water partition coefficient (Wildman–Crippen LogP) is 2.82. The van der Waals surface area contributed by atoms with Gasteiger partial charge in [-0.1, -0.05) is 25.7 Å². The van der Waals surface area contributed by atoms with E-state index in [4.69, 9.17) is 0 Å². The van der Waals surface area contributed by atoms with Crippen LogP contribution in [0.5, 0.6) is 0 Å². The first-order valence-corrected chi connectivity index (χ1v) is 10.1. The van der Waals surface area contributed by atoms with Crippen molar-refractivity contribution in [3.8, 4) is 0 Å². The highest BCUT2D eigenvalue weighted by molar-refractivity contribution is 5.94. The van der Waals surface area contributed by atoms with Gasteiger partial charge in [0.15, 0.2) is 0 Å². The van der Waals surface area contributed by atoms with Crippen LogP contribution in [0.3, 0.4) is 0 Å². The maximum atomic E-state index is 13.0. The van der Waals surface area contributed by atoms with Crippen molar-refractivity contribution in [1.82, 2.24) is 15.2 Å². The number of amides is 1. The second-order valence-electron chi connectivity index (χ2n) is 7.72. The lowest BCUT2D eigenvalue weighted by Crippen LogP contribution is -2.60. The van der Waals surface area contributed by atoms with Crippen molar-refractivity contribution < 1.29 is 4.79 Å². The second kappa shape index (κ2) is 7.73. The third-order valence-corrected chi connectivity index (χ3v) is 6.07. The smallest absolute Gasteiger partial charge is 0.255 e. The number of carbonyl (C=O) groups excluding carboxylic acids is 1. The van der Waals surface area contributed by atoms with Crippen LogP contribution in [-0.2, 0) is 0 Å². The van der Waals surface area contributed by atoms with Crippen molar-refractivity contribution >= 4 is 11.7 Å². The third-order valence-electron chi connectivity index (χ3n) is 6.07. The number of nitrogens with zero attached hydrogens (tertiary/aromatic N) is 3. The number of anilines is 1. The van der Waals surface area contributed by atoms with Gasteiger partial charge in [-0.2, -0.15) is 0 Å². The van der Waals surface area contributed by atoms with Gasteiger partial charge in [0, 0.05) is 44.5 Å².